The molecule has 0 amide bonds. The van der Waals surface area contributed by atoms with Crippen molar-refractivity contribution in [1.29, 1.82) is 0 Å². The molecule has 2 heteroatoms. The van der Waals surface area contributed by atoms with Crippen molar-refractivity contribution in [3.63, 3.8) is 0 Å². The number of Topliss-reactive ketones (excluding diaryl/α,β-unsaturated/α-hetero) is 1. The van der Waals surface area contributed by atoms with E-state index < -0.39 is 0 Å². The molecule has 116 valence electrons. The molecule has 0 aliphatic heterocycles. The summed E-state index contributed by atoms with van der Waals surface area (Å²) in [4.78, 5) is 15.3. The van der Waals surface area contributed by atoms with Gasteiger partial charge in [0, 0.05) is 5.56 Å². The first kappa shape index (κ1) is 16.2. The van der Waals surface area contributed by atoms with Gasteiger partial charge < -0.3 is 0 Å². The van der Waals surface area contributed by atoms with Gasteiger partial charge in [0.2, 0.25) is 0 Å². The lowest BCUT2D eigenvalue weighted by atomic mass is 9.79. The summed E-state index contributed by atoms with van der Waals surface area (Å²) < 4.78 is 0. The van der Waals surface area contributed by atoms with Crippen LogP contribution in [0.5, 0.6) is 0 Å². The topological polar surface area (TPSA) is 20.3 Å². The molecule has 0 saturated heterocycles. The Kier molecular flexibility index (Phi) is 5.21. The molecule has 2 nitrogen and oxygen atoms in total. The summed E-state index contributed by atoms with van der Waals surface area (Å²) in [5.41, 5.74) is 1.87. The van der Waals surface area contributed by atoms with Gasteiger partial charge in [0.1, 0.15) is 0 Å². The highest BCUT2D eigenvalue weighted by Crippen LogP contribution is 2.36. The second kappa shape index (κ2) is 6.74. The molecule has 0 bridgehead atoms. The Morgan fingerprint density at radius 2 is 1.71 bits per heavy atom. The van der Waals surface area contributed by atoms with Gasteiger partial charge in [-0.05, 0) is 50.8 Å². The number of hydrogen-bond donors (Lipinski definition) is 0. The second-order valence-corrected chi connectivity index (χ2v) is 6.38. The van der Waals surface area contributed by atoms with Crippen LogP contribution in [0.1, 0.15) is 75.2 Å². The van der Waals surface area contributed by atoms with Gasteiger partial charge >= 0.3 is 0 Å². The number of carbonyl (C=O) groups is 1. The normalized spacial score (nSPS) is 18.3. The lowest BCUT2D eigenvalue weighted by Gasteiger charge is -2.38. The fourth-order valence-corrected chi connectivity index (χ4v) is 3.41. The molecule has 1 aromatic carbocycles. The van der Waals surface area contributed by atoms with E-state index in [-0.39, 0.29) is 11.3 Å². The van der Waals surface area contributed by atoms with Gasteiger partial charge in [-0.3, -0.25) is 9.69 Å². The van der Waals surface area contributed by atoms with E-state index in [9.17, 15) is 4.79 Å². The van der Waals surface area contributed by atoms with Crippen molar-refractivity contribution in [3.8, 4) is 0 Å². The van der Waals surface area contributed by atoms with Crippen molar-refractivity contribution in [3.05, 3.63) is 35.4 Å². The van der Waals surface area contributed by atoms with Crippen LogP contribution in [0.4, 0.5) is 0 Å². The first-order valence-corrected chi connectivity index (χ1v) is 8.46. The zero-order chi connectivity index (χ0) is 15.5. The number of ketones is 1. The lowest BCUT2D eigenvalue weighted by Crippen LogP contribution is -2.51. The minimum Gasteiger partial charge on any atom is -0.292 e. The molecule has 1 saturated carbocycles. The summed E-state index contributed by atoms with van der Waals surface area (Å²) in [6.45, 7) is 10.3. The second-order valence-electron chi connectivity index (χ2n) is 6.38. The standard InChI is InChI=1S/C19H29NO/c1-5-19(4,20(6-2)7-3)18(21)17-13-11-16(12-14-17)15-9-8-10-15/h11-15H,5-10H2,1-4H3. The van der Waals surface area contributed by atoms with E-state index in [4.69, 9.17) is 0 Å². The minimum atomic E-state index is -0.387. The van der Waals surface area contributed by atoms with Crippen LogP contribution in [-0.2, 0) is 0 Å². The Labute approximate surface area is 129 Å². The number of hydrogen-bond acceptors (Lipinski definition) is 2. The smallest absolute Gasteiger partial charge is 0.182 e. The summed E-state index contributed by atoms with van der Waals surface area (Å²) >= 11 is 0. The van der Waals surface area contributed by atoms with Crippen molar-refractivity contribution < 1.29 is 4.79 Å². The first-order chi connectivity index (χ1) is 10.1. The quantitative estimate of drug-likeness (QED) is 0.680. The zero-order valence-corrected chi connectivity index (χ0v) is 14.0. The third kappa shape index (κ3) is 3.06. The molecule has 0 spiro atoms. The average molecular weight is 287 g/mol. The molecule has 1 aliphatic rings. The van der Waals surface area contributed by atoms with Gasteiger partial charge in [0.25, 0.3) is 0 Å². The summed E-state index contributed by atoms with van der Waals surface area (Å²) in [6, 6.07) is 8.39. The van der Waals surface area contributed by atoms with Gasteiger partial charge in [-0.25, -0.2) is 0 Å². The predicted molar refractivity (Wildman–Crippen MR) is 89.0 cm³/mol. The van der Waals surface area contributed by atoms with E-state index >= 15 is 0 Å². The Bertz CT molecular complexity index is 471. The Balaban J connectivity index is 2.20. The molecule has 21 heavy (non-hydrogen) atoms. The summed E-state index contributed by atoms with van der Waals surface area (Å²) in [7, 11) is 0. The molecular weight excluding hydrogens is 258 g/mol. The SMILES string of the molecule is CCN(CC)C(C)(CC)C(=O)c1ccc(C2CCC2)cc1. The molecule has 0 heterocycles. The Morgan fingerprint density at radius 1 is 1.14 bits per heavy atom. The molecule has 0 N–H and O–H groups in total. The van der Waals surface area contributed by atoms with E-state index in [1.807, 2.05) is 12.1 Å². The lowest BCUT2D eigenvalue weighted by molar-refractivity contribution is 0.0608. The number of likely N-dealkylation sites (N-methyl/N-ethyl adjacent to an activating group) is 1. The molecule has 1 fully saturated rings. The predicted octanol–water partition coefficient (Wildman–Crippen LogP) is 4.65. The molecule has 1 atom stereocenters. The largest absolute Gasteiger partial charge is 0.292 e. The number of nitrogens with zero attached hydrogens (tertiary/aromatic N) is 1. The molecular formula is C19H29NO. The van der Waals surface area contributed by atoms with E-state index in [0.29, 0.717) is 0 Å². The Hall–Kier alpha value is -1.15. The third-order valence-electron chi connectivity index (χ3n) is 5.39. The highest BCUT2D eigenvalue weighted by Gasteiger charge is 2.36. The summed E-state index contributed by atoms with van der Waals surface area (Å²) in [5.74, 6) is 0.989. The van der Waals surface area contributed by atoms with Crippen LogP contribution in [0.15, 0.2) is 24.3 Å². The number of carbonyl (C=O) groups excluding carboxylic acids is 1. The maximum absolute atomic E-state index is 13.0. The van der Waals surface area contributed by atoms with Crippen molar-refractivity contribution in [2.24, 2.45) is 0 Å². The highest BCUT2D eigenvalue weighted by atomic mass is 16.1. The maximum atomic E-state index is 13.0. The molecule has 0 radical (unpaired) electrons. The highest BCUT2D eigenvalue weighted by molar-refractivity contribution is 6.03. The van der Waals surface area contributed by atoms with Gasteiger partial charge in [0.15, 0.2) is 5.78 Å². The van der Waals surface area contributed by atoms with E-state index in [1.165, 1.54) is 24.8 Å². The Morgan fingerprint density at radius 3 is 2.10 bits per heavy atom. The fraction of sp³-hybridized carbons (Fsp3) is 0.632. The summed E-state index contributed by atoms with van der Waals surface area (Å²) in [5, 5.41) is 0. The van der Waals surface area contributed by atoms with Crippen molar-refractivity contribution >= 4 is 5.78 Å². The molecule has 1 aromatic rings. The number of benzene rings is 1. The fourth-order valence-electron chi connectivity index (χ4n) is 3.41. The van der Waals surface area contributed by atoms with Crippen LogP contribution in [-0.4, -0.2) is 29.3 Å². The van der Waals surface area contributed by atoms with E-state index in [0.717, 1.165) is 31.0 Å². The third-order valence-corrected chi connectivity index (χ3v) is 5.39. The van der Waals surface area contributed by atoms with E-state index in [1.54, 1.807) is 0 Å². The molecule has 1 unspecified atom stereocenters. The van der Waals surface area contributed by atoms with Crippen LogP contribution in [0.25, 0.3) is 0 Å². The monoisotopic (exact) mass is 287 g/mol. The van der Waals surface area contributed by atoms with Crippen molar-refractivity contribution in [1.82, 2.24) is 4.90 Å². The van der Waals surface area contributed by atoms with Crippen LogP contribution in [0.3, 0.4) is 0 Å². The van der Waals surface area contributed by atoms with Crippen LogP contribution in [0.2, 0.25) is 0 Å². The molecule has 0 aromatic heterocycles. The average Bonchev–Trinajstić information content (AvgIpc) is 2.46. The first-order valence-electron chi connectivity index (χ1n) is 8.46. The number of rotatable bonds is 7. The van der Waals surface area contributed by atoms with E-state index in [2.05, 4.69) is 44.7 Å². The van der Waals surface area contributed by atoms with Gasteiger partial charge in [-0.2, -0.15) is 0 Å². The van der Waals surface area contributed by atoms with Gasteiger partial charge in [0.05, 0.1) is 5.54 Å². The van der Waals surface area contributed by atoms with Crippen LogP contribution in [0, 0.1) is 0 Å². The van der Waals surface area contributed by atoms with Gasteiger partial charge in [-0.15, -0.1) is 0 Å². The summed E-state index contributed by atoms with van der Waals surface area (Å²) in [6.07, 6.45) is 4.80. The van der Waals surface area contributed by atoms with Gasteiger partial charge in [-0.1, -0.05) is 51.5 Å². The minimum absolute atomic E-state index is 0.258. The van der Waals surface area contributed by atoms with Crippen molar-refractivity contribution in [2.45, 2.75) is 64.8 Å². The van der Waals surface area contributed by atoms with Crippen molar-refractivity contribution in [2.75, 3.05) is 13.1 Å². The zero-order valence-electron chi connectivity index (χ0n) is 14.0. The maximum Gasteiger partial charge on any atom is 0.182 e. The van der Waals surface area contributed by atoms with Crippen LogP contribution < -0.4 is 0 Å². The molecule has 1 aliphatic carbocycles. The molecule has 2 rings (SSSR count). The van der Waals surface area contributed by atoms with Crippen LogP contribution >= 0.6 is 0 Å².